The van der Waals surface area contributed by atoms with E-state index in [4.69, 9.17) is 19.4 Å². The van der Waals surface area contributed by atoms with Crippen molar-refractivity contribution in [3.63, 3.8) is 0 Å². The van der Waals surface area contributed by atoms with Crippen LogP contribution in [0.2, 0.25) is 0 Å². The van der Waals surface area contributed by atoms with E-state index in [2.05, 4.69) is 25.2 Å². The molecule has 0 radical (unpaired) electrons. The average Bonchev–Trinajstić information content (AvgIpc) is 3.78. The van der Waals surface area contributed by atoms with Crippen LogP contribution in [0.3, 0.4) is 0 Å². The first kappa shape index (κ1) is 28.3. The van der Waals surface area contributed by atoms with Crippen LogP contribution in [0.5, 0.6) is 0 Å². The van der Waals surface area contributed by atoms with Crippen LogP contribution >= 0.6 is 0 Å². The van der Waals surface area contributed by atoms with Gasteiger partial charge in [0.25, 0.3) is 0 Å². The van der Waals surface area contributed by atoms with E-state index in [1.54, 1.807) is 29.3 Å². The Kier molecular flexibility index (Phi) is 8.24. The third kappa shape index (κ3) is 6.19. The Morgan fingerprint density at radius 2 is 2.02 bits per heavy atom. The van der Waals surface area contributed by atoms with E-state index in [9.17, 15) is 14.3 Å². The molecular formula is C29H35FN8O4. The second kappa shape index (κ2) is 12.2. The van der Waals surface area contributed by atoms with Crippen molar-refractivity contribution in [1.29, 1.82) is 0 Å². The molecule has 1 aromatic carbocycles. The number of nitrogens with one attached hydrogen (secondary N) is 2. The van der Waals surface area contributed by atoms with Gasteiger partial charge in [-0.15, -0.1) is 0 Å². The Balaban J connectivity index is 1.19. The number of β-amino-alcohol motifs (C(OH)–C–C–N with tert-alkyl or cyclic N) is 1. The molecule has 6 rings (SSSR count). The first-order valence-corrected chi connectivity index (χ1v) is 14.2. The van der Waals surface area contributed by atoms with Gasteiger partial charge in [-0.05, 0) is 50.1 Å². The number of ether oxygens (including phenoxy) is 2. The maximum absolute atomic E-state index is 13.7. The smallest absolute Gasteiger partial charge is 0.233 e. The molecule has 0 bridgehead atoms. The van der Waals surface area contributed by atoms with Gasteiger partial charge in [-0.1, -0.05) is 0 Å². The predicted molar refractivity (Wildman–Crippen MR) is 153 cm³/mol. The number of aliphatic hydroxyl groups is 1. The summed E-state index contributed by atoms with van der Waals surface area (Å²) < 4.78 is 25.8. The van der Waals surface area contributed by atoms with Crippen molar-refractivity contribution in [2.75, 3.05) is 57.9 Å². The van der Waals surface area contributed by atoms with E-state index in [0.29, 0.717) is 60.5 Å². The fourth-order valence-corrected chi connectivity index (χ4v) is 5.36. The molecule has 222 valence electrons. The van der Waals surface area contributed by atoms with Crippen LogP contribution in [0, 0.1) is 11.2 Å². The minimum atomic E-state index is -0.870. The summed E-state index contributed by atoms with van der Waals surface area (Å²) in [4.78, 5) is 38.5. The van der Waals surface area contributed by atoms with E-state index in [1.165, 1.54) is 12.1 Å². The predicted octanol–water partition coefficient (Wildman–Crippen LogP) is 2.46. The fourth-order valence-electron chi connectivity index (χ4n) is 5.36. The van der Waals surface area contributed by atoms with Crippen LogP contribution in [-0.2, 0) is 14.3 Å². The number of amides is 1. The monoisotopic (exact) mass is 578 g/mol. The van der Waals surface area contributed by atoms with Crippen molar-refractivity contribution < 1.29 is 23.8 Å². The molecule has 12 nitrogen and oxygen atoms in total. The highest BCUT2D eigenvalue weighted by Gasteiger charge is 2.44. The zero-order chi connectivity index (χ0) is 29.1. The third-order valence-corrected chi connectivity index (χ3v) is 7.73. The summed E-state index contributed by atoms with van der Waals surface area (Å²) in [6.07, 6.45) is 3.76. The number of aliphatic hydroxyl groups excluding tert-OH is 1. The van der Waals surface area contributed by atoms with Gasteiger partial charge in [0, 0.05) is 50.7 Å². The number of hydrogen-bond donors (Lipinski definition) is 3. The molecule has 0 aliphatic carbocycles. The lowest BCUT2D eigenvalue weighted by Gasteiger charge is -2.37. The van der Waals surface area contributed by atoms with Crippen molar-refractivity contribution in [2.45, 2.75) is 32.2 Å². The number of H-pyrrole nitrogens is 1. The minimum Gasteiger partial charge on any atom is -0.391 e. The SMILES string of the molecule is CC1(C(=O)N2CCC(O)C2)COC(c2nc(-c3ccc(F)cc3)c(-c3ccnc(NCCCN4CC=NC4)n3)[nH]2)OC1. The normalized spacial score (nSPS) is 24.4. The fraction of sp³-hybridized carbons (Fsp3) is 0.483. The second-order valence-corrected chi connectivity index (χ2v) is 11.2. The highest BCUT2D eigenvalue weighted by Crippen LogP contribution is 2.36. The van der Waals surface area contributed by atoms with Crippen LogP contribution < -0.4 is 5.32 Å². The van der Waals surface area contributed by atoms with Crippen molar-refractivity contribution >= 4 is 18.1 Å². The molecule has 3 aliphatic rings. The third-order valence-electron chi connectivity index (χ3n) is 7.73. The summed E-state index contributed by atoms with van der Waals surface area (Å²) in [5.74, 6) is 0.451. The first-order valence-electron chi connectivity index (χ1n) is 14.2. The van der Waals surface area contributed by atoms with E-state index >= 15 is 0 Å². The summed E-state index contributed by atoms with van der Waals surface area (Å²) in [7, 11) is 0. The summed E-state index contributed by atoms with van der Waals surface area (Å²) in [6.45, 7) is 6.18. The Hall–Kier alpha value is -3.78. The molecule has 42 heavy (non-hydrogen) atoms. The lowest BCUT2D eigenvalue weighted by atomic mass is 9.90. The van der Waals surface area contributed by atoms with E-state index < -0.39 is 17.8 Å². The molecular weight excluding hydrogens is 543 g/mol. The van der Waals surface area contributed by atoms with E-state index in [0.717, 1.165) is 26.2 Å². The molecule has 1 atom stereocenters. The number of rotatable bonds is 9. The Bertz CT molecular complexity index is 1420. The molecule has 5 heterocycles. The molecule has 2 fully saturated rings. The number of halogens is 1. The van der Waals surface area contributed by atoms with Gasteiger partial charge in [-0.2, -0.15) is 0 Å². The maximum Gasteiger partial charge on any atom is 0.233 e. The molecule has 3 aliphatic heterocycles. The number of imidazole rings is 1. The molecule has 2 aromatic heterocycles. The summed E-state index contributed by atoms with van der Waals surface area (Å²) in [6, 6.07) is 7.85. The molecule has 3 aromatic rings. The summed E-state index contributed by atoms with van der Waals surface area (Å²) in [5.41, 5.74) is 1.59. The summed E-state index contributed by atoms with van der Waals surface area (Å²) >= 11 is 0. The number of aliphatic imine (C=N–C) groups is 1. The van der Waals surface area contributed by atoms with Gasteiger partial charge in [-0.25, -0.2) is 19.3 Å². The minimum absolute atomic E-state index is 0.0978. The van der Waals surface area contributed by atoms with E-state index in [1.807, 2.05) is 13.1 Å². The zero-order valence-corrected chi connectivity index (χ0v) is 23.5. The topological polar surface area (TPSA) is 141 Å². The van der Waals surface area contributed by atoms with Crippen LogP contribution in [0.25, 0.3) is 22.6 Å². The van der Waals surface area contributed by atoms with Crippen LogP contribution in [0.1, 0.15) is 31.9 Å². The number of aromatic amines is 1. The van der Waals surface area contributed by atoms with Gasteiger partial charge >= 0.3 is 0 Å². The van der Waals surface area contributed by atoms with Gasteiger partial charge in [0.1, 0.15) is 5.82 Å². The van der Waals surface area contributed by atoms with Gasteiger partial charge in [0.05, 0.1) is 48.5 Å². The average molecular weight is 579 g/mol. The standard InChI is InChI=1S/C29H35FN8O4/c1-29(27(40)38-13-8-21(39)15-38)16-41-26(42-17-29)25-35-23(19-3-5-20(30)6-4-19)24(36-25)22-7-10-33-28(34-22)32-9-2-12-37-14-11-31-18-37/h3-7,10-11,21,26,39H,2,8-9,12-18H2,1H3,(H,35,36)(H,32,33,34). The number of anilines is 1. The Morgan fingerprint density at radius 3 is 2.74 bits per heavy atom. The maximum atomic E-state index is 13.7. The lowest BCUT2D eigenvalue weighted by molar-refractivity contribution is -0.234. The van der Waals surface area contributed by atoms with Gasteiger partial charge in [0.15, 0.2) is 5.82 Å². The van der Waals surface area contributed by atoms with Gasteiger partial charge < -0.3 is 29.8 Å². The quantitative estimate of drug-likeness (QED) is 0.327. The summed E-state index contributed by atoms with van der Waals surface area (Å²) in [5, 5.41) is 13.1. The highest BCUT2D eigenvalue weighted by atomic mass is 19.1. The molecule has 0 spiro atoms. The Morgan fingerprint density at radius 1 is 1.21 bits per heavy atom. The van der Waals surface area contributed by atoms with Crippen molar-refractivity contribution in [2.24, 2.45) is 10.4 Å². The first-order chi connectivity index (χ1) is 20.4. The second-order valence-electron chi connectivity index (χ2n) is 11.2. The van der Waals surface area contributed by atoms with E-state index in [-0.39, 0.29) is 24.9 Å². The molecule has 0 saturated carbocycles. The van der Waals surface area contributed by atoms with Crippen molar-refractivity contribution in [3.8, 4) is 22.6 Å². The van der Waals surface area contributed by atoms with Crippen LogP contribution in [-0.4, -0.2) is 106 Å². The number of benzene rings is 1. The Labute approximate surface area is 243 Å². The molecule has 2 saturated heterocycles. The van der Waals surface area contributed by atoms with Crippen LogP contribution in [0.15, 0.2) is 41.5 Å². The number of carbonyl (C=O) groups excluding carboxylic acids is 1. The number of aromatic nitrogens is 4. The van der Waals surface area contributed by atoms with Gasteiger partial charge in [-0.3, -0.25) is 14.7 Å². The van der Waals surface area contributed by atoms with Crippen LogP contribution in [0.4, 0.5) is 10.3 Å². The number of hydrogen-bond acceptors (Lipinski definition) is 10. The number of carbonyl (C=O) groups is 1. The molecule has 1 amide bonds. The largest absolute Gasteiger partial charge is 0.391 e. The number of likely N-dealkylation sites (tertiary alicyclic amines) is 1. The molecule has 1 unspecified atom stereocenters. The lowest BCUT2D eigenvalue weighted by Crippen LogP contribution is -2.49. The molecule has 13 heteroatoms. The molecule has 3 N–H and O–H groups in total. The van der Waals surface area contributed by atoms with Gasteiger partial charge in [0.2, 0.25) is 18.1 Å². The highest BCUT2D eigenvalue weighted by molar-refractivity contribution is 5.83. The van der Waals surface area contributed by atoms with Crippen molar-refractivity contribution in [3.05, 3.63) is 48.2 Å². The van der Waals surface area contributed by atoms with Crippen molar-refractivity contribution in [1.82, 2.24) is 29.7 Å². The number of nitrogens with zero attached hydrogens (tertiary/aromatic N) is 6. The zero-order valence-electron chi connectivity index (χ0n) is 23.5.